The van der Waals surface area contributed by atoms with Crippen molar-refractivity contribution in [1.82, 2.24) is 0 Å². The van der Waals surface area contributed by atoms with E-state index >= 15 is 0 Å². The molecular weight excluding hydrogens is 224 g/mol. The molecule has 18 heavy (non-hydrogen) atoms. The Morgan fingerprint density at radius 3 is 2.33 bits per heavy atom. The van der Waals surface area contributed by atoms with Gasteiger partial charge >= 0.3 is 0 Å². The van der Waals surface area contributed by atoms with Crippen molar-refractivity contribution in [3.05, 3.63) is 29.3 Å². The van der Waals surface area contributed by atoms with Crippen LogP contribution in [-0.2, 0) is 0 Å². The number of aryl methyl sites for hydroxylation is 1. The van der Waals surface area contributed by atoms with Gasteiger partial charge in [-0.15, -0.1) is 0 Å². The van der Waals surface area contributed by atoms with Crippen LogP contribution in [0.3, 0.4) is 0 Å². The zero-order chi connectivity index (χ0) is 13.7. The molecule has 1 rings (SSSR count). The van der Waals surface area contributed by atoms with Gasteiger partial charge in [-0.05, 0) is 55.4 Å². The Bertz CT molecular complexity index is 369. The quantitative estimate of drug-likeness (QED) is 0.823. The van der Waals surface area contributed by atoms with Gasteiger partial charge in [-0.25, -0.2) is 0 Å². The first kappa shape index (κ1) is 15.0. The van der Waals surface area contributed by atoms with Crippen LogP contribution in [0.25, 0.3) is 0 Å². The van der Waals surface area contributed by atoms with E-state index in [4.69, 9.17) is 4.74 Å². The fraction of sp³-hybridized carbons (Fsp3) is 0.625. The number of hydrogen-bond donors (Lipinski definition) is 1. The van der Waals surface area contributed by atoms with Gasteiger partial charge in [0.25, 0.3) is 0 Å². The molecule has 0 heterocycles. The van der Waals surface area contributed by atoms with Crippen molar-refractivity contribution in [3.8, 4) is 5.75 Å². The van der Waals surface area contributed by atoms with Gasteiger partial charge in [0.2, 0.25) is 0 Å². The maximum atomic E-state index is 9.52. The molecule has 102 valence electrons. The van der Waals surface area contributed by atoms with Gasteiger partial charge in [0.05, 0.1) is 12.7 Å². The fourth-order valence-corrected chi connectivity index (χ4v) is 2.20. The van der Waals surface area contributed by atoms with Crippen LogP contribution in [0.1, 0.15) is 51.3 Å². The van der Waals surface area contributed by atoms with E-state index in [1.165, 1.54) is 6.42 Å². The number of benzene rings is 1. The molecule has 1 N–H and O–H groups in total. The van der Waals surface area contributed by atoms with Crippen molar-refractivity contribution < 1.29 is 9.84 Å². The molecule has 2 heteroatoms. The maximum absolute atomic E-state index is 9.52. The lowest BCUT2D eigenvalue weighted by Gasteiger charge is -2.17. The molecule has 0 aromatic heterocycles. The molecule has 0 saturated carbocycles. The summed E-state index contributed by atoms with van der Waals surface area (Å²) in [5, 5.41) is 9.52. The monoisotopic (exact) mass is 250 g/mol. The smallest absolute Gasteiger partial charge is 0.122 e. The predicted molar refractivity (Wildman–Crippen MR) is 75.9 cm³/mol. The number of aliphatic hydroxyl groups excluding tert-OH is 1. The molecule has 0 fully saturated rings. The Kier molecular flexibility index (Phi) is 5.67. The van der Waals surface area contributed by atoms with Gasteiger partial charge in [0, 0.05) is 0 Å². The van der Waals surface area contributed by atoms with Crippen molar-refractivity contribution in [2.75, 3.05) is 6.61 Å². The minimum atomic E-state index is -0.419. The number of aliphatic hydroxyl groups is 1. The predicted octanol–water partition coefficient (Wildman–Crippen LogP) is 4.11. The zero-order valence-electron chi connectivity index (χ0n) is 12.2. The highest BCUT2D eigenvalue weighted by molar-refractivity contribution is 5.36. The summed E-state index contributed by atoms with van der Waals surface area (Å²) in [5.41, 5.74) is 2.03. The first-order chi connectivity index (χ1) is 8.40. The highest BCUT2D eigenvalue weighted by Gasteiger charge is 2.08. The van der Waals surface area contributed by atoms with E-state index < -0.39 is 6.10 Å². The molecule has 0 aliphatic heterocycles. The van der Waals surface area contributed by atoms with Crippen molar-refractivity contribution >= 4 is 0 Å². The lowest BCUT2D eigenvalue weighted by atomic mass is 10.00. The highest BCUT2D eigenvalue weighted by atomic mass is 16.5. The third-order valence-electron chi connectivity index (χ3n) is 3.08. The van der Waals surface area contributed by atoms with E-state index in [0.29, 0.717) is 11.8 Å². The van der Waals surface area contributed by atoms with Gasteiger partial charge in [0.15, 0.2) is 0 Å². The molecule has 0 spiro atoms. The van der Waals surface area contributed by atoms with Crippen LogP contribution < -0.4 is 4.74 Å². The van der Waals surface area contributed by atoms with Crippen LogP contribution in [0.4, 0.5) is 0 Å². The van der Waals surface area contributed by atoms with Crippen LogP contribution in [0, 0.1) is 18.8 Å². The summed E-state index contributed by atoms with van der Waals surface area (Å²) in [4.78, 5) is 0. The summed E-state index contributed by atoms with van der Waals surface area (Å²) < 4.78 is 5.85. The number of rotatable bonds is 6. The molecule has 2 nitrogen and oxygen atoms in total. The second-order valence-electron chi connectivity index (χ2n) is 5.75. The van der Waals surface area contributed by atoms with Crippen LogP contribution in [0.15, 0.2) is 18.2 Å². The van der Waals surface area contributed by atoms with Gasteiger partial charge < -0.3 is 9.84 Å². The SMILES string of the molecule is Cc1cc(C(C)O)ccc1OCC(C)CC(C)C. The van der Waals surface area contributed by atoms with Crippen molar-refractivity contribution in [3.63, 3.8) is 0 Å². The average molecular weight is 250 g/mol. The zero-order valence-corrected chi connectivity index (χ0v) is 12.2. The molecule has 0 aliphatic carbocycles. The molecule has 1 aromatic carbocycles. The first-order valence-corrected chi connectivity index (χ1v) is 6.81. The van der Waals surface area contributed by atoms with Gasteiger partial charge in [-0.2, -0.15) is 0 Å². The molecule has 0 saturated heterocycles. The van der Waals surface area contributed by atoms with E-state index in [2.05, 4.69) is 20.8 Å². The molecule has 0 aliphatic rings. The summed E-state index contributed by atoms with van der Waals surface area (Å²) in [5.74, 6) is 2.21. The molecule has 0 amide bonds. The van der Waals surface area contributed by atoms with Crippen molar-refractivity contribution in [2.24, 2.45) is 11.8 Å². The van der Waals surface area contributed by atoms with Crippen molar-refractivity contribution in [2.45, 2.75) is 47.1 Å². The minimum Gasteiger partial charge on any atom is -0.493 e. The Labute approximate surface area is 111 Å². The lowest BCUT2D eigenvalue weighted by Crippen LogP contribution is -2.11. The lowest BCUT2D eigenvalue weighted by molar-refractivity contribution is 0.198. The largest absolute Gasteiger partial charge is 0.493 e. The molecule has 0 bridgehead atoms. The van der Waals surface area contributed by atoms with Gasteiger partial charge in [-0.3, -0.25) is 0 Å². The average Bonchev–Trinajstić information content (AvgIpc) is 2.26. The van der Waals surface area contributed by atoms with Crippen LogP contribution in [-0.4, -0.2) is 11.7 Å². The Morgan fingerprint density at radius 1 is 1.17 bits per heavy atom. The van der Waals surface area contributed by atoms with E-state index in [0.717, 1.165) is 23.5 Å². The summed E-state index contributed by atoms with van der Waals surface area (Å²) >= 11 is 0. The third kappa shape index (κ3) is 4.69. The van der Waals surface area contributed by atoms with E-state index in [-0.39, 0.29) is 0 Å². The van der Waals surface area contributed by atoms with Gasteiger partial charge in [0.1, 0.15) is 5.75 Å². The normalized spacial score (nSPS) is 14.6. The molecular formula is C16H26O2. The summed E-state index contributed by atoms with van der Waals surface area (Å²) in [6.07, 6.45) is 0.766. The Balaban J connectivity index is 2.58. The summed E-state index contributed by atoms with van der Waals surface area (Å²) in [6.45, 7) is 11.2. The fourth-order valence-electron chi connectivity index (χ4n) is 2.20. The second-order valence-corrected chi connectivity index (χ2v) is 5.75. The van der Waals surface area contributed by atoms with Crippen LogP contribution in [0.2, 0.25) is 0 Å². The van der Waals surface area contributed by atoms with Crippen LogP contribution >= 0.6 is 0 Å². The van der Waals surface area contributed by atoms with Crippen LogP contribution in [0.5, 0.6) is 5.75 Å². The first-order valence-electron chi connectivity index (χ1n) is 6.81. The number of ether oxygens (including phenoxy) is 1. The Hall–Kier alpha value is -1.02. The Morgan fingerprint density at radius 2 is 1.83 bits per heavy atom. The molecule has 2 atom stereocenters. The number of hydrogen-bond acceptors (Lipinski definition) is 2. The van der Waals surface area contributed by atoms with Gasteiger partial charge in [-0.1, -0.05) is 26.8 Å². The molecule has 1 aromatic rings. The molecule has 0 radical (unpaired) electrons. The summed E-state index contributed by atoms with van der Waals surface area (Å²) in [6, 6.07) is 5.88. The standard InChI is InChI=1S/C16H26O2/c1-11(2)8-12(3)10-18-16-7-6-15(14(5)17)9-13(16)4/h6-7,9,11-12,14,17H,8,10H2,1-5H3. The van der Waals surface area contributed by atoms with E-state index in [9.17, 15) is 5.11 Å². The van der Waals surface area contributed by atoms with Crippen molar-refractivity contribution in [1.29, 1.82) is 0 Å². The minimum absolute atomic E-state index is 0.419. The summed E-state index contributed by atoms with van der Waals surface area (Å²) in [7, 11) is 0. The topological polar surface area (TPSA) is 29.5 Å². The second kappa shape index (κ2) is 6.79. The highest BCUT2D eigenvalue weighted by Crippen LogP contribution is 2.23. The molecule has 2 unspecified atom stereocenters. The van der Waals surface area contributed by atoms with E-state index in [1.54, 1.807) is 6.92 Å². The maximum Gasteiger partial charge on any atom is 0.122 e. The van der Waals surface area contributed by atoms with E-state index in [1.807, 2.05) is 25.1 Å². The third-order valence-corrected chi connectivity index (χ3v) is 3.08.